The van der Waals surface area contributed by atoms with Gasteiger partial charge in [0, 0.05) is 0 Å². The van der Waals surface area contributed by atoms with E-state index < -0.39 is 13.3 Å². The zero-order valence-corrected chi connectivity index (χ0v) is 7.61. The van der Waals surface area contributed by atoms with E-state index in [1.54, 1.807) is 13.8 Å². The lowest BCUT2D eigenvalue weighted by Gasteiger charge is -2.16. The van der Waals surface area contributed by atoms with Gasteiger partial charge in [0.15, 0.2) is 5.06 Å². The molecule has 0 rings (SSSR count). The van der Waals surface area contributed by atoms with Crippen molar-refractivity contribution in [3.8, 4) is 0 Å². The molecule has 0 spiro atoms. The van der Waals surface area contributed by atoms with E-state index in [-0.39, 0.29) is 0 Å². The Hall–Kier alpha value is 0.310. The summed E-state index contributed by atoms with van der Waals surface area (Å²) < 4.78 is 14.5. The Morgan fingerprint density at radius 3 is 2.10 bits per heavy atom. The zero-order valence-electron chi connectivity index (χ0n) is 5.96. The lowest BCUT2D eigenvalue weighted by molar-refractivity contribution is -0.191. The molecule has 1 unspecified atom stereocenters. The van der Waals surface area contributed by atoms with Gasteiger partial charge < -0.3 is 4.89 Å². The molecule has 0 radical (unpaired) electrons. The average molecular weight is 185 g/mol. The van der Waals surface area contributed by atoms with Crippen molar-refractivity contribution in [2.24, 2.45) is 0 Å². The summed E-state index contributed by atoms with van der Waals surface area (Å²) in [6.45, 7) is 3.55. The molecule has 0 heterocycles. The van der Waals surface area contributed by atoms with E-state index in [0.717, 1.165) is 0 Å². The van der Waals surface area contributed by atoms with Gasteiger partial charge in [-0.1, -0.05) is 25.4 Å². The first-order chi connectivity index (χ1) is 4.54. The van der Waals surface area contributed by atoms with Crippen LogP contribution in [0.4, 0.5) is 0 Å². The molecule has 0 aromatic rings. The largest absolute Gasteiger partial charge is 0.566 e. The van der Waals surface area contributed by atoms with Crippen molar-refractivity contribution in [3.63, 3.8) is 0 Å². The molecule has 0 bridgehead atoms. The summed E-state index contributed by atoms with van der Waals surface area (Å²) in [4.78, 5) is 10.1. The topological polar surface area (TPSA) is 49.4 Å². The molecule has 0 N–H and O–H groups in total. The summed E-state index contributed by atoms with van der Waals surface area (Å²) in [7, 11) is -2.83. The quantitative estimate of drug-likeness (QED) is 0.494. The maximum atomic E-state index is 10.1. The third kappa shape index (κ3) is 3.47. The van der Waals surface area contributed by atoms with Crippen molar-refractivity contribution in [2.75, 3.05) is 0 Å². The normalized spacial score (nSPS) is 13.4. The second kappa shape index (κ2) is 4.24. The molecule has 3 nitrogen and oxygen atoms in total. The molecule has 0 saturated carbocycles. The standard InChI is InChI=1S/C5H10ClO3P/c1-3-5(6,4-2)9-10(7)8/h3-4H2,1-2H3. The first kappa shape index (κ1) is 10.3. The fourth-order valence-electron chi connectivity index (χ4n) is 0.513. The van der Waals surface area contributed by atoms with Gasteiger partial charge in [-0.15, -0.1) is 4.52 Å². The molecule has 0 aromatic carbocycles. The minimum atomic E-state index is -2.83. The van der Waals surface area contributed by atoms with E-state index >= 15 is 0 Å². The van der Waals surface area contributed by atoms with Gasteiger partial charge in [0.2, 0.25) is 0 Å². The third-order valence-electron chi connectivity index (χ3n) is 1.29. The smallest absolute Gasteiger partial charge is 0.490 e. The van der Waals surface area contributed by atoms with E-state index in [9.17, 15) is 9.46 Å². The van der Waals surface area contributed by atoms with Crippen molar-refractivity contribution < 1.29 is 14.0 Å². The Kier molecular flexibility index (Phi) is 4.37. The SMILES string of the molecule is CCC(Cl)(CC)O[P+](=O)[O-]. The van der Waals surface area contributed by atoms with Crippen molar-refractivity contribution in [3.05, 3.63) is 0 Å². The van der Waals surface area contributed by atoms with Crippen molar-refractivity contribution in [1.82, 2.24) is 0 Å². The fraction of sp³-hybridized carbons (Fsp3) is 1.00. The Morgan fingerprint density at radius 2 is 2.00 bits per heavy atom. The first-order valence-electron chi connectivity index (χ1n) is 3.06. The van der Waals surface area contributed by atoms with E-state index in [4.69, 9.17) is 11.6 Å². The van der Waals surface area contributed by atoms with Crippen LogP contribution < -0.4 is 4.89 Å². The second-order valence-corrected chi connectivity index (χ2v) is 3.22. The molecule has 0 aliphatic rings. The summed E-state index contributed by atoms with van der Waals surface area (Å²) >= 11 is 5.70. The first-order valence-corrected chi connectivity index (χ1v) is 4.54. The van der Waals surface area contributed by atoms with E-state index in [1.807, 2.05) is 0 Å². The predicted molar refractivity (Wildman–Crippen MR) is 37.9 cm³/mol. The lowest BCUT2D eigenvalue weighted by Crippen LogP contribution is -2.21. The molecular weight excluding hydrogens is 174 g/mol. The monoisotopic (exact) mass is 184 g/mol. The summed E-state index contributed by atoms with van der Waals surface area (Å²) in [6.07, 6.45) is 0.961. The van der Waals surface area contributed by atoms with Gasteiger partial charge in [-0.25, -0.2) is 0 Å². The Balaban J connectivity index is 3.92. The molecule has 1 atom stereocenters. The highest BCUT2D eigenvalue weighted by Gasteiger charge is 2.30. The van der Waals surface area contributed by atoms with Gasteiger partial charge in [-0.05, 0) is 17.4 Å². The molecule has 0 amide bonds. The van der Waals surface area contributed by atoms with E-state index in [2.05, 4.69) is 4.52 Å². The highest BCUT2D eigenvalue weighted by Crippen LogP contribution is 2.32. The van der Waals surface area contributed by atoms with Gasteiger partial charge in [0.05, 0.1) is 0 Å². The van der Waals surface area contributed by atoms with Crippen molar-refractivity contribution in [2.45, 2.75) is 31.7 Å². The molecule has 0 aliphatic heterocycles. The van der Waals surface area contributed by atoms with Crippen LogP contribution in [0.5, 0.6) is 0 Å². The summed E-state index contributed by atoms with van der Waals surface area (Å²) in [6, 6.07) is 0. The molecule has 0 aromatic heterocycles. The molecule has 0 fully saturated rings. The number of halogens is 1. The van der Waals surface area contributed by atoms with Crippen LogP contribution in [0.15, 0.2) is 0 Å². The molecule has 10 heavy (non-hydrogen) atoms. The van der Waals surface area contributed by atoms with Gasteiger partial charge in [-0.3, -0.25) is 0 Å². The van der Waals surface area contributed by atoms with Crippen LogP contribution in [-0.4, -0.2) is 5.06 Å². The molecular formula is C5H10ClO3P. The van der Waals surface area contributed by atoms with Gasteiger partial charge in [-0.2, -0.15) is 0 Å². The number of hydrogen-bond donors (Lipinski definition) is 0. The maximum absolute atomic E-state index is 10.1. The highest BCUT2D eigenvalue weighted by molar-refractivity contribution is 7.30. The van der Waals surface area contributed by atoms with Crippen molar-refractivity contribution >= 4 is 19.9 Å². The summed E-state index contributed by atoms with van der Waals surface area (Å²) in [5.41, 5.74) is 0. The van der Waals surface area contributed by atoms with Crippen LogP contribution in [0.25, 0.3) is 0 Å². The van der Waals surface area contributed by atoms with Gasteiger partial charge in [0.1, 0.15) is 0 Å². The minimum absolute atomic E-state index is 0.481. The van der Waals surface area contributed by atoms with Crippen LogP contribution >= 0.6 is 19.9 Å². The lowest BCUT2D eigenvalue weighted by atomic mass is 10.2. The summed E-state index contributed by atoms with van der Waals surface area (Å²) in [5, 5.41) is -1.02. The van der Waals surface area contributed by atoms with Crippen LogP contribution in [-0.2, 0) is 9.09 Å². The molecule has 0 saturated heterocycles. The predicted octanol–water partition coefficient (Wildman–Crippen LogP) is 1.78. The minimum Gasteiger partial charge on any atom is -0.566 e. The fourth-order valence-corrected chi connectivity index (χ4v) is 1.21. The van der Waals surface area contributed by atoms with Gasteiger partial charge >= 0.3 is 8.25 Å². The van der Waals surface area contributed by atoms with E-state index in [0.29, 0.717) is 12.8 Å². The van der Waals surface area contributed by atoms with Crippen LogP contribution in [0.2, 0.25) is 0 Å². The van der Waals surface area contributed by atoms with Crippen molar-refractivity contribution in [1.29, 1.82) is 0 Å². The average Bonchev–Trinajstić information content (AvgIpc) is 1.87. The Labute approximate surface area is 66.3 Å². The zero-order chi connectivity index (χ0) is 8.20. The molecule has 5 heteroatoms. The molecule has 60 valence electrons. The van der Waals surface area contributed by atoms with E-state index in [1.165, 1.54) is 0 Å². The highest BCUT2D eigenvalue weighted by atomic mass is 35.5. The van der Waals surface area contributed by atoms with Crippen LogP contribution in [0, 0.1) is 0 Å². The summed E-state index contributed by atoms with van der Waals surface area (Å²) in [5.74, 6) is 0. The maximum Gasteiger partial charge on any atom is 0.490 e. The van der Waals surface area contributed by atoms with Gasteiger partial charge in [0.25, 0.3) is 0 Å². The van der Waals surface area contributed by atoms with Crippen LogP contribution in [0.1, 0.15) is 26.7 Å². The number of rotatable bonds is 4. The molecule has 0 aliphatic carbocycles. The Morgan fingerprint density at radius 1 is 1.60 bits per heavy atom. The number of alkyl halides is 1. The third-order valence-corrected chi connectivity index (χ3v) is 2.51. The Bertz CT molecular complexity index is 124. The second-order valence-electron chi connectivity index (χ2n) is 1.91. The van der Waals surface area contributed by atoms with Crippen LogP contribution in [0.3, 0.4) is 0 Å². The number of hydrogen-bond acceptors (Lipinski definition) is 3.